The second-order valence-electron chi connectivity index (χ2n) is 3.35. The molecule has 3 heteroatoms. The molecule has 1 N–H and O–H groups in total. The molecule has 1 aromatic carbocycles. The van der Waals surface area contributed by atoms with Crippen LogP contribution in [0.25, 0.3) is 0 Å². The summed E-state index contributed by atoms with van der Waals surface area (Å²) in [6.07, 6.45) is -0.277. The smallest absolute Gasteiger partial charge is 0.142 e. The number of hydrogen-bond acceptors (Lipinski definition) is 1. The van der Waals surface area contributed by atoms with Gasteiger partial charge in [0.15, 0.2) is 0 Å². The van der Waals surface area contributed by atoms with E-state index < -0.39 is 11.9 Å². The zero-order chi connectivity index (χ0) is 10.7. The maximum Gasteiger partial charge on any atom is 0.142 e. The van der Waals surface area contributed by atoms with E-state index >= 15 is 0 Å². The maximum atomic E-state index is 13.0. The number of benzene rings is 1. The fourth-order valence-corrected chi connectivity index (χ4v) is 1.29. The Morgan fingerprint density at radius 2 is 2.29 bits per heavy atom. The standard InChI is InChI=1S/C11H12ClFO/c1-7(2)5-11(14)8-3-4-9(12)10(13)6-8/h3-4,6,11,14H,1,5H2,2H3. The molecule has 76 valence electrons. The van der Waals surface area contributed by atoms with E-state index in [0.717, 1.165) is 5.57 Å². The maximum absolute atomic E-state index is 13.0. The molecule has 1 atom stereocenters. The van der Waals surface area contributed by atoms with Crippen LogP contribution >= 0.6 is 11.6 Å². The topological polar surface area (TPSA) is 20.2 Å². The molecule has 0 heterocycles. The van der Waals surface area contributed by atoms with Crippen molar-refractivity contribution in [2.45, 2.75) is 19.4 Å². The molecule has 0 aliphatic rings. The predicted octanol–water partition coefficient (Wildman–Crippen LogP) is 3.48. The summed E-state index contributed by atoms with van der Waals surface area (Å²) in [5, 5.41) is 9.70. The highest BCUT2D eigenvalue weighted by molar-refractivity contribution is 6.30. The van der Waals surface area contributed by atoms with Crippen LogP contribution in [0.5, 0.6) is 0 Å². The lowest BCUT2D eigenvalue weighted by Gasteiger charge is -2.10. The summed E-state index contributed by atoms with van der Waals surface area (Å²) < 4.78 is 13.0. The van der Waals surface area contributed by atoms with E-state index in [1.165, 1.54) is 12.1 Å². The molecule has 1 aromatic rings. The van der Waals surface area contributed by atoms with Gasteiger partial charge in [-0.25, -0.2) is 4.39 Å². The van der Waals surface area contributed by atoms with Crippen molar-refractivity contribution in [2.24, 2.45) is 0 Å². The van der Waals surface area contributed by atoms with E-state index in [4.69, 9.17) is 11.6 Å². The quantitative estimate of drug-likeness (QED) is 0.764. The molecule has 1 nitrogen and oxygen atoms in total. The third-order valence-corrected chi connectivity index (χ3v) is 2.18. The molecule has 1 unspecified atom stereocenters. The summed E-state index contributed by atoms with van der Waals surface area (Å²) >= 11 is 5.52. The summed E-state index contributed by atoms with van der Waals surface area (Å²) in [4.78, 5) is 0. The molecule has 0 saturated carbocycles. The Balaban J connectivity index is 2.85. The predicted molar refractivity (Wildman–Crippen MR) is 55.8 cm³/mol. The summed E-state index contributed by atoms with van der Waals surface area (Å²) in [6, 6.07) is 4.29. The van der Waals surface area contributed by atoms with Gasteiger partial charge < -0.3 is 5.11 Å². The number of rotatable bonds is 3. The zero-order valence-electron chi connectivity index (χ0n) is 7.93. The fourth-order valence-electron chi connectivity index (χ4n) is 1.17. The van der Waals surface area contributed by atoms with Crippen LogP contribution in [0.4, 0.5) is 4.39 Å². The first-order valence-electron chi connectivity index (χ1n) is 4.28. The van der Waals surface area contributed by atoms with Crippen molar-refractivity contribution in [3.05, 3.63) is 46.8 Å². The molecule has 0 radical (unpaired) electrons. The van der Waals surface area contributed by atoms with Crippen LogP contribution in [0.1, 0.15) is 25.0 Å². The first-order valence-corrected chi connectivity index (χ1v) is 4.66. The Bertz CT molecular complexity index is 349. The van der Waals surface area contributed by atoms with Gasteiger partial charge in [-0.3, -0.25) is 0 Å². The molecule has 0 saturated heterocycles. The van der Waals surface area contributed by atoms with Crippen molar-refractivity contribution in [3.63, 3.8) is 0 Å². The van der Waals surface area contributed by atoms with Crippen LogP contribution in [0, 0.1) is 5.82 Å². The van der Waals surface area contributed by atoms with Crippen LogP contribution in [0.2, 0.25) is 5.02 Å². The largest absolute Gasteiger partial charge is 0.388 e. The zero-order valence-corrected chi connectivity index (χ0v) is 8.68. The van der Waals surface area contributed by atoms with Gasteiger partial charge in [-0.05, 0) is 31.0 Å². The van der Waals surface area contributed by atoms with Crippen molar-refractivity contribution in [1.29, 1.82) is 0 Å². The third-order valence-electron chi connectivity index (χ3n) is 1.87. The molecule has 0 spiro atoms. The lowest BCUT2D eigenvalue weighted by molar-refractivity contribution is 0.178. The lowest BCUT2D eigenvalue weighted by atomic mass is 10.0. The van der Waals surface area contributed by atoms with Crippen LogP contribution in [-0.2, 0) is 0 Å². The number of aliphatic hydroxyl groups is 1. The highest BCUT2D eigenvalue weighted by Crippen LogP contribution is 2.23. The van der Waals surface area contributed by atoms with E-state index in [0.29, 0.717) is 12.0 Å². The Morgan fingerprint density at radius 3 is 2.79 bits per heavy atom. The van der Waals surface area contributed by atoms with E-state index in [2.05, 4.69) is 6.58 Å². The van der Waals surface area contributed by atoms with Crippen LogP contribution < -0.4 is 0 Å². The van der Waals surface area contributed by atoms with Gasteiger partial charge in [0, 0.05) is 0 Å². The van der Waals surface area contributed by atoms with Gasteiger partial charge in [0.2, 0.25) is 0 Å². The molecule has 0 aliphatic heterocycles. The average molecular weight is 215 g/mol. The van der Waals surface area contributed by atoms with E-state index in [9.17, 15) is 9.50 Å². The van der Waals surface area contributed by atoms with Gasteiger partial charge in [0.25, 0.3) is 0 Å². The minimum atomic E-state index is -0.709. The van der Waals surface area contributed by atoms with Crippen molar-refractivity contribution >= 4 is 11.6 Å². The molecule has 0 aliphatic carbocycles. The van der Waals surface area contributed by atoms with E-state index in [1.807, 2.05) is 6.92 Å². The highest BCUT2D eigenvalue weighted by Gasteiger charge is 2.09. The number of hydrogen-bond donors (Lipinski definition) is 1. The van der Waals surface area contributed by atoms with E-state index in [-0.39, 0.29) is 5.02 Å². The van der Waals surface area contributed by atoms with Gasteiger partial charge in [-0.2, -0.15) is 0 Å². The second kappa shape index (κ2) is 4.58. The van der Waals surface area contributed by atoms with Crippen LogP contribution in [-0.4, -0.2) is 5.11 Å². The Kier molecular flexibility index (Phi) is 3.67. The number of halogens is 2. The average Bonchev–Trinajstić information content (AvgIpc) is 2.08. The Morgan fingerprint density at radius 1 is 1.64 bits per heavy atom. The van der Waals surface area contributed by atoms with Crippen molar-refractivity contribution in [2.75, 3.05) is 0 Å². The van der Waals surface area contributed by atoms with Gasteiger partial charge >= 0.3 is 0 Å². The molecular formula is C11H12ClFO. The van der Waals surface area contributed by atoms with Crippen molar-refractivity contribution in [1.82, 2.24) is 0 Å². The number of aliphatic hydroxyl groups excluding tert-OH is 1. The molecule has 1 rings (SSSR count). The van der Waals surface area contributed by atoms with Gasteiger partial charge in [-0.1, -0.05) is 23.2 Å². The SMILES string of the molecule is C=C(C)CC(O)c1ccc(Cl)c(F)c1. The Labute approximate surface area is 87.8 Å². The molecule has 0 bridgehead atoms. The van der Waals surface area contributed by atoms with Gasteiger partial charge in [0.05, 0.1) is 11.1 Å². The summed E-state index contributed by atoms with van der Waals surface area (Å²) in [5.74, 6) is -0.509. The van der Waals surface area contributed by atoms with Gasteiger partial charge in [-0.15, -0.1) is 6.58 Å². The molecular weight excluding hydrogens is 203 g/mol. The van der Waals surface area contributed by atoms with Crippen LogP contribution in [0.15, 0.2) is 30.4 Å². The molecule has 0 amide bonds. The first kappa shape index (κ1) is 11.2. The second-order valence-corrected chi connectivity index (χ2v) is 3.76. The Hall–Kier alpha value is -0.860. The third kappa shape index (κ3) is 2.82. The first-order chi connectivity index (χ1) is 6.50. The molecule has 0 aromatic heterocycles. The van der Waals surface area contributed by atoms with E-state index in [1.54, 1.807) is 6.07 Å². The minimum Gasteiger partial charge on any atom is -0.388 e. The fraction of sp³-hybridized carbons (Fsp3) is 0.273. The lowest BCUT2D eigenvalue weighted by Crippen LogP contribution is -1.98. The summed E-state index contributed by atoms with van der Waals surface area (Å²) in [5.41, 5.74) is 1.38. The van der Waals surface area contributed by atoms with Crippen LogP contribution in [0.3, 0.4) is 0 Å². The molecule has 14 heavy (non-hydrogen) atoms. The normalized spacial score (nSPS) is 12.6. The minimum absolute atomic E-state index is 0.0660. The monoisotopic (exact) mass is 214 g/mol. The summed E-state index contributed by atoms with van der Waals surface area (Å²) in [6.45, 7) is 5.50. The summed E-state index contributed by atoms with van der Waals surface area (Å²) in [7, 11) is 0. The molecule has 0 fully saturated rings. The van der Waals surface area contributed by atoms with Gasteiger partial charge in [0.1, 0.15) is 5.82 Å². The highest BCUT2D eigenvalue weighted by atomic mass is 35.5. The van der Waals surface area contributed by atoms with Crippen molar-refractivity contribution < 1.29 is 9.50 Å². The van der Waals surface area contributed by atoms with Crippen molar-refractivity contribution in [3.8, 4) is 0 Å².